The molecule has 5 aromatic carbocycles. The number of rotatable bonds is 2. The molecule has 0 unspecified atom stereocenters. The van der Waals surface area contributed by atoms with Gasteiger partial charge in [0.2, 0.25) is 0 Å². The van der Waals surface area contributed by atoms with Crippen LogP contribution in [0.1, 0.15) is 114 Å². The predicted molar refractivity (Wildman–Crippen MR) is 256 cm³/mol. The molecule has 320 valence electrons. The molecule has 0 fully saturated rings. The highest BCUT2D eigenvalue weighted by Crippen LogP contribution is 2.54. The van der Waals surface area contributed by atoms with Crippen LogP contribution >= 0.6 is 0 Å². The summed E-state index contributed by atoms with van der Waals surface area (Å²) in [7, 11) is 0. The molecule has 0 aliphatic carbocycles. The largest absolute Gasteiger partial charge is 0.490 e. The highest BCUT2D eigenvalue weighted by atomic mass is 16.5. The van der Waals surface area contributed by atoms with Crippen LogP contribution < -0.4 is 45.3 Å². The van der Waals surface area contributed by atoms with Crippen molar-refractivity contribution in [2.45, 2.75) is 119 Å². The van der Waals surface area contributed by atoms with E-state index in [4.69, 9.17) is 23.4 Å². The van der Waals surface area contributed by atoms with E-state index in [2.05, 4.69) is 160 Å². The lowest BCUT2D eigenvalue weighted by molar-refractivity contribution is 0.296. The Morgan fingerprint density at radius 2 is 1.05 bits per heavy atom. The van der Waals surface area contributed by atoms with Crippen molar-refractivity contribution in [3.63, 3.8) is 0 Å². The zero-order chi connectivity index (χ0) is 43.8. The molecular weight excluding hydrogens is 767 g/mol. The third-order valence-corrected chi connectivity index (χ3v) is 13.5. The van der Waals surface area contributed by atoms with Crippen LogP contribution in [0.4, 0.5) is 34.1 Å². The van der Waals surface area contributed by atoms with Crippen molar-refractivity contribution in [3.05, 3.63) is 99.6 Å². The number of furan rings is 1. The van der Waals surface area contributed by atoms with Crippen LogP contribution in [0.25, 0.3) is 11.0 Å². The van der Waals surface area contributed by atoms with Gasteiger partial charge in [-0.3, -0.25) is 0 Å². The Labute approximate surface area is 368 Å². The molecule has 0 bridgehead atoms. The van der Waals surface area contributed by atoms with Gasteiger partial charge in [0.25, 0.3) is 6.71 Å². The first-order valence-corrected chi connectivity index (χ1v) is 22.6. The van der Waals surface area contributed by atoms with E-state index in [-0.39, 0.29) is 23.0 Å². The second-order valence-corrected chi connectivity index (χ2v) is 21.2. The van der Waals surface area contributed by atoms with Gasteiger partial charge in [-0.15, -0.1) is 0 Å². The Morgan fingerprint density at radius 3 is 1.68 bits per heavy atom. The maximum absolute atomic E-state index is 7.35. The van der Waals surface area contributed by atoms with Crippen molar-refractivity contribution >= 4 is 68.4 Å². The van der Waals surface area contributed by atoms with E-state index in [1.54, 1.807) is 0 Å². The van der Waals surface area contributed by atoms with Gasteiger partial charge < -0.3 is 33.2 Å². The number of aryl methyl sites for hydroxylation is 3. The van der Waals surface area contributed by atoms with E-state index >= 15 is 0 Å². The van der Waals surface area contributed by atoms with Crippen molar-refractivity contribution in [1.29, 1.82) is 0 Å². The van der Waals surface area contributed by atoms with Crippen LogP contribution in [-0.4, -0.2) is 33.1 Å². The molecule has 0 saturated heterocycles. The molecule has 0 amide bonds. The highest BCUT2D eigenvalue weighted by molar-refractivity contribution is 7.00. The number of anilines is 6. The van der Waals surface area contributed by atoms with Gasteiger partial charge in [0.1, 0.15) is 5.58 Å². The van der Waals surface area contributed by atoms with E-state index in [0.29, 0.717) is 26.4 Å². The molecule has 4 aliphatic heterocycles. The summed E-state index contributed by atoms with van der Waals surface area (Å²) in [6.45, 7) is 31.9. The van der Waals surface area contributed by atoms with E-state index in [1.165, 1.54) is 39.0 Å². The standard InChI is InChI=1S/C54H61BN2O5/c1-30-22-35(53(8,9)10)23-31(2)47(30)56-39-29-44-43(58-18-14-19-59-44)28-38(39)55-46-40(56)26-36(54(11,12)13)27-41(46)57(48-32(3)24-45-50(33(48)4)61-21-15-20-60-45)49-37-25-34(52(5,6)7)16-17-42(37)62-51(49)55/h16-17,22-29H,14-15,18-21H2,1-13H3. The third-order valence-electron chi connectivity index (χ3n) is 13.5. The van der Waals surface area contributed by atoms with Crippen molar-refractivity contribution in [3.8, 4) is 23.0 Å². The number of hydrogen-bond donors (Lipinski definition) is 0. The molecule has 0 N–H and O–H groups in total. The van der Waals surface area contributed by atoms with Gasteiger partial charge in [-0.2, -0.15) is 0 Å². The lowest BCUT2D eigenvalue weighted by atomic mass is 9.35. The molecule has 62 heavy (non-hydrogen) atoms. The van der Waals surface area contributed by atoms with Crippen LogP contribution in [0.5, 0.6) is 23.0 Å². The summed E-state index contributed by atoms with van der Waals surface area (Å²) in [5.74, 6) is 3.17. The van der Waals surface area contributed by atoms with Crippen molar-refractivity contribution in [2.24, 2.45) is 0 Å². The summed E-state index contributed by atoms with van der Waals surface area (Å²) in [4.78, 5) is 5.05. The Hall–Kier alpha value is -5.50. The molecule has 0 radical (unpaired) electrons. The summed E-state index contributed by atoms with van der Waals surface area (Å²) >= 11 is 0. The summed E-state index contributed by atoms with van der Waals surface area (Å²) in [6.07, 6.45) is 1.66. The Kier molecular flexibility index (Phi) is 9.16. The van der Waals surface area contributed by atoms with Crippen LogP contribution in [0.3, 0.4) is 0 Å². The second-order valence-electron chi connectivity index (χ2n) is 21.2. The van der Waals surface area contributed by atoms with Crippen molar-refractivity contribution in [1.82, 2.24) is 0 Å². The van der Waals surface area contributed by atoms with E-state index in [0.717, 1.165) is 97.5 Å². The Balaban J connectivity index is 1.38. The molecule has 5 heterocycles. The number of hydrogen-bond acceptors (Lipinski definition) is 7. The Morgan fingerprint density at radius 1 is 0.500 bits per heavy atom. The predicted octanol–water partition coefficient (Wildman–Crippen LogP) is 12.0. The maximum Gasteiger partial charge on any atom is 0.297 e. The number of fused-ring (bicyclic) bond motifs is 8. The molecule has 7 nitrogen and oxygen atoms in total. The summed E-state index contributed by atoms with van der Waals surface area (Å²) in [5.41, 5.74) is 19.0. The number of ether oxygens (including phenoxy) is 4. The molecule has 0 saturated carbocycles. The third kappa shape index (κ3) is 6.29. The molecule has 6 aromatic rings. The number of nitrogens with zero attached hydrogens (tertiary/aromatic N) is 2. The zero-order valence-corrected chi connectivity index (χ0v) is 39.0. The van der Waals surface area contributed by atoms with Crippen molar-refractivity contribution < 1.29 is 23.4 Å². The molecular formula is C54H61BN2O5. The van der Waals surface area contributed by atoms with Gasteiger partial charge in [-0.05, 0) is 125 Å². The average molecular weight is 829 g/mol. The second kappa shape index (κ2) is 14.0. The van der Waals surface area contributed by atoms with Gasteiger partial charge in [-0.25, -0.2) is 0 Å². The van der Waals surface area contributed by atoms with Gasteiger partial charge in [0.15, 0.2) is 23.0 Å². The minimum atomic E-state index is -0.246. The summed E-state index contributed by atoms with van der Waals surface area (Å²) in [5, 5.41) is 1.09. The summed E-state index contributed by atoms with van der Waals surface area (Å²) in [6, 6.07) is 23.1. The first-order valence-electron chi connectivity index (χ1n) is 22.6. The molecule has 10 rings (SSSR count). The first kappa shape index (κ1) is 40.6. The molecule has 4 aliphatic rings. The van der Waals surface area contributed by atoms with Gasteiger partial charge in [0.05, 0.1) is 49.1 Å². The zero-order valence-electron chi connectivity index (χ0n) is 39.0. The molecule has 0 spiro atoms. The minimum absolute atomic E-state index is 0.00379. The van der Waals surface area contributed by atoms with E-state index in [9.17, 15) is 0 Å². The van der Waals surface area contributed by atoms with Crippen molar-refractivity contribution in [2.75, 3.05) is 36.2 Å². The van der Waals surface area contributed by atoms with Crippen LogP contribution in [0, 0.1) is 27.7 Å². The quantitative estimate of drug-likeness (QED) is 0.161. The first-order chi connectivity index (χ1) is 29.3. The molecule has 0 atom stereocenters. The van der Waals surface area contributed by atoms with Gasteiger partial charge >= 0.3 is 0 Å². The Bertz CT molecular complexity index is 2810. The minimum Gasteiger partial charge on any atom is -0.490 e. The fraction of sp³-hybridized carbons (Fsp3) is 0.407. The lowest BCUT2D eigenvalue weighted by Gasteiger charge is -2.45. The lowest BCUT2D eigenvalue weighted by Crippen LogP contribution is -2.61. The van der Waals surface area contributed by atoms with E-state index in [1.807, 2.05) is 0 Å². The SMILES string of the molecule is Cc1cc(C(C)(C)C)cc(C)c1N1c2cc3c(cc2B2c4oc5ccc(C(C)(C)C)cc5c4N(c4c(C)cc5c(c4C)OCCCO5)c4cc(C(C)(C)C)cc1c42)OCCCO3. The van der Waals surface area contributed by atoms with E-state index < -0.39 is 0 Å². The van der Waals surface area contributed by atoms with Crippen LogP contribution in [0.2, 0.25) is 0 Å². The monoisotopic (exact) mass is 828 g/mol. The molecule has 8 heteroatoms. The smallest absolute Gasteiger partial charge is 0.297 e. The number of benzene rings is 5. The van der Waals surface area contributed by atoms with Gasteiger partial charge in [0, 0.05) is 46.9 Å². The molecule has 1 aromatic heterocycles. The maximum atomic E-state index is 7.35. The normalized spacial score (nSPS) is 15.9. The fourth-order valence-electron chi connectivity index (χ4n) is 10.2. The van der Waals surface area contributed by atoms with Crippen LogP contribution in [-0.2, 0) is 16.2 Å². The topological polar surface area (TPSA) is 56.5 Å². The average Bonchev–Trinajstić information content (AvgIpc) is 3.30. The van der Waals surface area contributed by atoms with Crippen LogP contribution in [0.15, 0.2) is 65.1 Å². The highest BCUT2D eigenvalue weighted by Gasteiger charge is 2.49. The van der Waals surface area contributed by atoms with Gasteiger partial charge in [-0.1, -0.05) is 80.5 Å². The summed E-state index contributed by atoms with van der Waals surface area (Å²) < 4.78 is 33.3. The fourth-order valence-corrected chi connectivity index (χ4v) is 10.2.